The van der Waals surface area contributed by atoms with Gasteiger partial charge in [-0.3, -0.25) is 0 Å². The van der Waals surface area contributed by atoms with Crippen LogP contribution < -0.4 is 10.1 Å². The summed E-state index contributed by atoms with van der Waals surface area (Å²) in [5.41, 5.74) is 0. The van der Waals surface area contributed by atoms with Crippen LogP contribution in [-0.2, 0) is 0 Å². The standard InChI is InChI=1S/C12H16Cl2N2O/c1-3-5-7-17-12-10(14)8-9(13)11(16-12)15-6-4-2/h3,8H,1,4-7H2,2H3,(H,15,16). The van der Waals surface area contributed by atoms with E-state index in [0.29, 0.717) is 28.3 Å². The third-order valence-corrected chi connectivity index (χ3v) is 2.56. The quantitative estimate of drug-likeness (QED) is 0.599. The van der Waals surface area contributed by atoms with E-state index in [1.54, 1.807) is 12.1 Å². The fourth-order valence-electron chi connectivity index (χ4n) is 1.16. The fourth-order valence-corrected chi connectivity index (χ4v) is 1.64. The molecule has 1 heterocycles. The molecule has 0 aliphatic heterocycles. The summed E-state index contributed by atoms with van der Waals surface area (Å²) in [4.78, 5) is 4.25. The number of nitrogens with zero attached hydrogens (tertiary/aromatic N) is 1. The average molecular weight is 275 g/mol. The first kappa shape index (κ1) is 14.1. The number of nitrogens with one attached hydrogen (secondary N) is 1. The minimum Gasteiger partial charge on any atom is -0.476 e. The molecule has 0 fully saturated rings. The first-order chi connectivity index (χ1) is 8.19. The lowest BCUT2D eigenvalue weighted by atomic mass is 10.4. The highest BCUT2D eigenvalue weighted by molar-refractivity contribution is 6.36. The van der Waals surface area contributed by atoms with Crippen molar-refractivity contribution in [2.45, 2.75) is 19.8 Å². The molecule has 0 radical (unpaired) electrons. The van der Waals surface area contributed by atoms with Gasteiger partial charge in [0.25, 0.3) is 0 Å². The number of halogens is 2. The van der Waals surface area contributed by atoms with Gasteiger partial charge >= 0.3 is 0 Å². The van der Waals surface area contributed by atoms with Gasteiger partial charge in [-0.1, -0.05) is 36.2 Å². The maximum atomic E-state index is 6.02. The van der Waals surface area contributed by atoms with Crippen molar-refractivity contribution < 1.29 is 4.74 Å². The summed E-state index contributed by atoms with van der Waals surface area (Å²) < 4.78 is 5.44. The van der Waals surface area contributed by atoms with Crippen LogP contribution in [0.2, 0.25) is 10.0 Å². The molecule has 0 spiro atoms. The smallest absolute Gasteiger partial charge is 0.234 e. The number of hydrogen-bond acceptors (Lipinski definition) is 3. The molecule has 0 unspecified atom stereocenters. The highest BCUT2D eigenvalue weighted by Crippen LogP contribution is 2.30. The minimum absolute atomic E-state index is 0.400. The van der Waals surface area contributed by atoms with Crippen molar-refractivity contribution in [2.24, 2.45) is 0 Å². The van der Waals surface area contributed by atoms with E-state index in [1.807, 2.05) is 0 Å². The van der Waals surface area contributed by atoms with Crippen LogP contribution in [0.4, 0.5) is 5.82 Å². The van der Waals surface area contributed by atoms with Crippen molar-refractivity contribution in [2.75, 3.05) is 18.5 Å². The van der Waals surface area contributed by atoms with Gasteiger partial charge in [0.15, 0.2) is 0 Å². The Hall–Kier alpha value is -0.930. The third kappa shape index (κ3) is 4.44. The Labute approximate surface area is 112 Å². The van der Waals surface area contributed by atoms with E-state index in [-0.39, 0.29) is 0 Å². The number of pyridine rings is 1. The number of ether oxygens (including phenoxy) is 1. The summed E-state index contributed by atoms with van der Waals surface area (Å²) in [6, 6.07) is 1.64. The van der Waals surface area contributed by atoms with E-state index in [9.17, 15) is 0 Å². The lowest BCUT2D eigenvalue weighted by molar-refractivity contribution is 0.313. The van der Waals surface area contributed by atoms with Crippen molar-refractivity contribution in [1.29, 1.82) is 0 Å². The van der Waals surface area contributed by atoms with Crippen LogP contribution in [0, 0.1) is 0 Å². The van der Waals surface area contributed by atoms with Gasteiger partial charge in [-0.2, -0.15) is 4.98 Å². The molecule has 1 aromatic heterocycles. The monoisotopic (exact) mass is 274 g/mol. The van der Waals surface area contributed by atoms with Crippen LogP contribution in [0.25, 0.3) is 0 Å². The summed E-state index contributed by atoms with van der Waals surface area (Å²) >= 11 is 12.0. The molecule has 0 aliphatic rings. The van der Waals surface area contributed by atoms with Crippen molar-refractivity contribution in [1.82, 2.24) is 4.98 Å². The molecule has 0 bridgehead atoms. The average Bonchev–Trinajstić information content (AvgIpc) is 2.31. The molecule has 0 saturated carbocycles. The normalized spacial score (nSPS) is 10.1. The van der Waals surface area contributed by atoms with E-state index >= 15 is 0 Å². The van der Waals surface area contributed by atoms with Gasteiger partial charge in [0.1, 0.15) is 10.8 Å². The SMILES string of the molecule is C=CCCOc1nc(NCCC)c(Cl)cc1Cl. The number of rotatable bonds is 7. The largest absolute Gasteiger partial charge is 0.476 e. The molecule has 0 saturated heterocycles. The highest BCUT2D eigenvalue weighted by atomic mass is 35.5. The van der Waals surface area contributed by atoms with Gasteiger partial charge in [-0.25, -0.2) is 0 Å². The van der Waals surface area contributed by atoms with E-state index in [1.165, 1.54) is 0 Å². The molecular formula is C12H16Cl2N2O. The Kier molecular flexibility index (Phi) is 6.16. The van der Waals surface area contributed by atoms with Gasteiger partial charge in [-0.15, -0.1) is 6.58 Å². The minimum atomic E-state index is 0.400. The Balaban J connectivity index is 2.77. The highest BCUT2D eigenvalue weighted by Gasteiger charge is 2.09. The van der Waals surface area contributed by atoms with Crippen LogP contribution in [0.3, 0.4) is 0 Å². The molecule has 5 heteroatoms. The molecule has 94 valence electrons. The van der Waals surface area contributed by atoms with Crippen LogP contribution >= 0.6 is 23.2 Å². The Bertz CT molecular complexity index is 383. The number of hydrogen-bond donors (Lipinski definition) is 1. The molecule has 3 nitrogen and oxygen atoms in total. The van der Waals surface area contributed by atoms with Crippen LogP contribution in [-0.4, -0.2) is 18.1 Å². The second-order valence-corrected chi connectivity index (χ2v) is 4.27. The lowest BCUT2D eigenvalue weighted by Crippen LogP contribution is -2.05. The van der Waals surface area contributed by atoms with Gasteiger partial charge in [0.05, 0.1) is 11.6 Å². The molecule has 0 aromatic carbocycles. The maximum Gasteiger partial charge on any atom is 0.234 e. The maximum absolute atomic E-state index is 6.02. The predicted molar refractivity (Wildman–Crippen MR) is 73.3 cm³/mol. The van der Waals surface area contributed by atoms with Crippen molar-refractivity contribution in [3.05, 3.63) is 28.8 Å². The second kappa shape index (κ2) is 7.41. The molecule has 0 atom stereocenters. The summed E-state index contributed by atoms with van der Waals surface area (Å²) in [5.74, 6) is 1.00. The topological polar surface area (TPSA) is 34.1 Å². The van der Waals surface area contributed by atoms with E-state index in [2.05, 4.69) is 23.8 Å². The Morgan fingerprint density at radius 2 is 2.24 bits per heavy atom. The summed E-state index contributed by atoms with van der Waals surface area (Å²) in [7, 11) is 0. The zero-order valence-electron chi connectivity index (χ0n) is 9.80. The molecule has 1 rings (SSSR count). The van der Waals surface area contributed by atoms with Gasteiger partial charge < -0.3 is 10.1 Å². The molecule has 17 heavy (non-hydrogen) atoms. The molecule has 1 aromatic rings. The second-order valence-electron chi connectivity index (χ2n) is 3.46. The lowest BCUT2D eigenvalue weighted by Gasteiger charge is -2.10. The van der Waals surface area contributed by atoms with E-state index < -0.39 is 0 Å². The summed E-state index contributed by atoms with van der Waals surface area (Å²) in [5, 5.41) is 4.04. The van der Waals surface area contributed by atoms with Crippen molar-refractivity contribution >= 4 is 29.0 Å². The van der Waals surface area contributed by atoms with E-state index in [4.69, 9.17) is 27.9 Å². The Morgan fingerprint density at radius 1 is 1.47 bits per heavy atom. The van der Waals surface area contributed by atoms with Crippen molar-refractivity contribution in [3.8, 4) is 5.88 Å². The van der Waals surface area contributed by atoms with Gasteiger partial charge in [0, 0.05) is 6.54 Å². The number of anilines is 1. The molecule has 0 aliphatic carbocycles. The Morgan fingerprint density at radius 3 is 2.88 bits per heavy atom. The molecular weight excluding hydrogens is 259 g/mol. The van der Waals surface area contributed by atoms with Crippen LogP contribution in [0.15, 0.2) is 18.7 Å². The first-order valence-corrected chi connectivity index (χ1v) is 6.28. The zero-order valence-corrected chi connectivity index (χ0v) is 11.3. The predicted octanol–water partition coefficient (Wildman–Crippen LogP) is 4.17. The van der Waals surface area contributed by atoms with Gasteiger partial charge in [0.2, 0.25) is 5.88 Å². The zero-order chi connectivity index (χ0) is 12.7. The fraction of sp³-hybridized carbons (Fsp3) is 0.417. The number of aromatic nitrogens is 1. The van der Waals surface area contributed by atoms with Crippen LogP contribution in [0.1, 0.15) is 19.8 Å². The molecule has 1 N–H and O–H groups in total. The first-order valence-electron chi connectivity index (χ1n) is 5.52. The van der Waals surface area contributed by atoms with Gasteiger partial charge in [-0.05, 0) is 18.9 Å². The van der Waals surface area contributed by atoms with E-state index in [0.717, 1.165) is 19.4 Å². The molecule has 0 amide bonds. The summed E-state index contributed by atoms with van der Waals surface area (Å²) in [6.07, 6.45) is 3.52. The summed E-state index contributed by atoms with van der Waals surface area (Å²) in [6.45, 7) is 7.00. The van der Waals surface area contributed by atoms with Crippen molar-refractivity contribution in [3.63, 3.8) is 0 Å². The van der Waals surface area contributed by atoms with Crippen LogP contribution in [0.5, 0.6) is 5.88 Å². The third-order valence-electron chi connectivity index (χ3n) is 2.00.